The zero-order valence-electron chi connectivity index (χ0n) is 24.3. The molecule has 0 spiro atoms. The molecule has 0 aliphatic carbocycles. The fraction of sp³-hybridized carbons (Fsp3) is 0.964. The van der Waals surface area contributed by atoms with Crippen molar-refractivity contribution in [2.45, 2.75) is 123 Å². The fourth-order valence-electron chi connectivity index (χ4n) is 4.12. The number of rotatable bonds is 26. The van der Waals surface area contributed by atoms with E-state index in [-0.39, 0.29) is 19.4 Å². The lowest BCUT2D eigenvalue weighted by Crippen LogP contribution is -2.35. The van der Waals surface area contributed by atoms with Gasteiger partial charge in [0.05, 0.1) is 40.9 Å². The topological polar surface area (TPSA) is 84.9 Å². The number of hydrogen-bond donors (Lipinski definition) is 0. The SMILES string of the molecule is CCCCCCCCCCCCCCCCOCC(COP(=O)([O-])CCCC[N+](C)(C)C)OC(C)=O. The average Bonchev–Trinajstić information content (AvgIpc) is 2.79. The molecular weight excluding hydrogens is 477 g/mol. The normalized spacial score (nSPS) is 14.5. The molecule has 0 saturated heterocycles. The van der Waals surface area contributed by atoms with Crippen molar-refractivity contribution >= 4 is 13.6 Å². The minimum atomic E-state index is -3.95. The number of unbranched alkanes of at least 4 members (excludes halogenated alkanes) is 14. The standard InChI is InChI=1S/C28H58NO6P/c1-6-7-8-9-10-11-12-13-14-15-16-17-18-20-23-33-25-28(35-27(2)30)26-34-36(31,32)24-21-19-22-29(3,4)5/h28H,6-26H2,1-5H3. The molecule has 36 heavy (non-hydrogen) atoms. The van der Waals surface area contributed by atoms with Gasteiger partial charge in [0.1, 0.15) is 13.7 Å². The summed E-state index contributed by atoms with van der Waals surface area (Å²) in [4.78, 5) is 23.6. The number of carbonyl (C=O) groups excluding carboxylic acids is 1. The zero-order valence-corrected chi connectivity index (χ0v) is 25.2. The van der Waals surface area contributed by atoms with Crippen molar-refractivity contribution < 1.29 is 32.7 Å². The molecule has 0 amide bonds. The van der Waals surface area contributed by atoms with Crippen LogP contribution in [-0.2, 0) is 23.4 Å². The maximum atomic E-state index is 12.2. The highest BCUT2D eigenvalue weighted by Crippen LogP contribution is 2.38. The predicted octanol–water partition coefficient (Wildman–Crippen LogP) is 6.47. The molecule has 0 rings (SSSR count). The van der Waals surface area contributed by atoms with Gasteiger partial charge in [0.2, 0.25) is 0 Å². The lowest BCUT2D eigenvalue weighted by molar-refractivity contribution is -0.870. The Morgan fingerprint density at radius 1 is 0.778 bits per heavy atom. The monoisotopic (exact) mass is 535 g/mol. The Balaban J connectivity index is 3.79. The number of carbonyl (C=O) groups is 1. The van der Waals surface area contributed by atoms with E-state index in [9.17, 15) is 14.3 Å². The van der Waals surface area contributed by atoms with Crippen molar-refractivity contribution in [3.05, 3.63) is 0 Å². The Bertz CT molecular complexity index is 567. The van der Waals surface area contributed by atoms with E-state index in [1.54, 1.807) is 0 Å². The van der Waals surface area contributed by atoms with Gasteiger partial charge in [0.15, 0.2) is 0 Å². The van der Waals surface area contributed by atoms with E-state index in [1.165, 1.54) is 84.0 Å². The lowest BCUT2D eigenvalue weighted by Gasteiger charge is -2.27. The van der Waals surface area contributed by atoms with E-state index in [2.05, 4.69) is 28.1 Å². The van der Waals surface area contributed by atoms with Crippen LogP contribution >= 0.6 is 7.60 Å². The van der Waals surface area contributed by atoms with Gasteiger partial charge in [-0.15, -0.1) is 0 Å². The van der Waals surface area contributed by atoms with Crippen molar-refractivity contribution in [3.8, 4) is 0 Å². The van der Waals surface area contributed by atoms with Crippen LogP contribution in [0.15, 0.2) is 0 Å². The zero-order chi connectivity index (χ0) is 27.1. The third kappa shape index (κ3) is 26.6. The third-order valence-electron chi connectivity index (χ3n) is 6.25. The first-order chi connectivity index (χ1) is 17.1. The highest BCUT2D eigenvalue weighted by Gasteiger charge is 2.18. The minimum absolute atomic E-state index is 0.000302. The lowest BCUT2D eigenvalue weighted by atomic mass is 10.0. The molecule has 0 aliphatic heterocycles. The summed E-state index contributed by atoms with van der Waals surface area (Å²) in [5, 5.41) is 0. The molecule has 216 valence electrons. The Kier molecular flexibility index (Phi) is 22.2. The number of esters is 1. The Hall–Kier alpha value is -0.460. The third-order valence-corrected chi connectivity index (χ3v) is 7.65. The molecule has 0 aromatic carbocycles. The van der Waals surface area contributed by atoms with Crippen molar-refractivity contribution in [1.82, 2.24) is 0 Å². The number of nitrogens with zero attached hydrogens (tertiary/aromatic N) is 1. The summed E-state index contributed by atoms with van der Waals surface area (Å²) in [5.41, 5.74) is 0. The van der Waals surface area contributed by atoms with Gasteiger partial charge in [-0.3, -0.25) is 4.79 Å². The van der Waals surface area contributed by atoms with Crippen LogP contribution in [0.2, 0.25) is 0 Å². The second-order valence-electron chi connectivity index (χ2n) is 11.3. The van der Waals surface area contributed by atoms with Gasteiger partial charge in [-0.1, -0.05) is 90.4 Å². The second-order valence-corrected chi connectivity index (χ2v) is 13.2. The quantitative estimate of drug-likeness (QED) is 0.0546. The van der Waals surface area contributed by atoms with Gasteiger partial charge in [-0.05, 0) is 19.3 Å². The summed E-state index contributed by atoms with van der Waals surface area (Å²) < 4.78 is 29.0. The van der Waals surface area contributed by atoms with Crippen LogP contribution in [0.25, 0.3) is 0 Å². The van der Waals surface area contributed by atoms with Gasteiger partial charge >= 0.3 is 5.97 Å². The maximum Gasteiger partial charge on any atom is 0.303 e. The van der Waals surface area contributed by atoms with E-state index < -0.39 is 19.7 Å². The molecular formula is C28H58NO6P. The second kappa shape index (κ2) is 22.5. The molecule has 0 N–H and O–H groups in total. The maximum absolute atomic E-state index is 12.2. The van der Waals surface area contributed by atoms with E-state index in [0.29, 0.717) is 13.0 Å². The molecule has 0 radical (unpaired) electrons. The molecule has 2 unspecified atom stereocenters. The molecule has 0 aliphatic rings. The summed E-state index contributed by atoms with van der Waals surface area (Å²) >= 11 is 0. The molecule has 7 nitrogen and oxygen atoms in total. The fourth-order valence-corrected chi connectivity index (χ4v) is 5.25. The van der Waals surface area contributed by atoms with Crippen LogP contribution in [0.4, 0.5) is 0 Å². The smallest absolute Gasteiger partial charge is 0.303 e. The molecule has 0 heterocycles. The number of hydrogen-bond acceptors (Lipinski definition) is 6. The minimum Gasteiger partial charge on any atom is -0.778 e. The molecule has 0 aromatic rings. The van der Waals surface area contributed by atoms with E-state index in [1.807, 2.05) is 0 Å². The predicted molar refractivity (Wildman–Crippen MR) is 147 cm³/mol. The van der Waals surface area contributed by atoms with Crippen LogP contribution in [0, 0.1) is 0 Å². The highest BCUT2D eigenvalue weighted by molar-refractivity contribution is 7.51. The van der Waals surface area contributed by atoms with Gasteiger partial charge in [0.25, 0.3) is 0 Å². The van der Waals surface area contributed by atoms with Crippen LogP contribution in [-0.4, -0.2) is 70.2 Å². The van der Waals surface area contributed by atoms with E-state index >= 15 is 0 Å². The Labute approximate surface area is 222 Å². The Morgan fingerprint density at radius 3 is 1.75 bits per heavy atom. The molecule has 0 aromatic heterocycles. The number of ether oxygens (including phenoxy) is 2. The first-order valence-corrected chi connectivity index (χ1v) is 16.3. The van der Waals surface area contributed by atoms with Gasteiger partial charge in [0, 0.05) is 19.7 Å². The molecule has 0 fully saturated rings. The number of quaternary nitrogens is 1. The molecule has 8 heteroatoms. The summed E-state index contributed by atoms with van der Waals surface area (Å²) in [7, 11) is 2.29. The highest BCUT2D eigenvalue weighted by atomic mass is 31.2. The van der Waals surface area contributed by atoms with E-state index in [4.69, 9.17) is 14.0 Å². The van der Waals surface area contributed by atoms with Gasteiger partial charge < -0.3 is 27.9 Å². The van der Waals surface area contributed by atoms with Crippen LogP contribution < -0.4 is 4.89 Å². The van der Waals surface area contributed by atoms with Crippen LogP contribution in [0.1, 0.15) is 117 Å². The largest absolute Gasteiger partial charge is 0.778 e. The van der Waals surface area contributed by atoms with Crippen LogP contribution in [0.3, 0.4) is 0 Å². The summed E-state index contributed by atoms with van der Waals surface area (Å²) in [6.45, 7) is 5.02. The van der Waals surface area contributed by atoms with Crippen molar-refractivity contribution in [2.75, 3.05) is 53.7 Å². The first-order valence-electron chi connectivity index (χ1n) is 14.6. The summed E-state index contributed by atoms with van der Waals surface area (Å²) in [6.07, 6.45) is 18.9. The average molecular weight is 536 g/mol. The summed E-state index contributed by atoms with van der Waals surface area (Å²) in [6, 6.07) is 0. The Morgan fingerprint density at radius 2 is 1.28 bits per heavy atom. The van der Waals surface area contributed by atoms with E-state index in [0.717, 1.165) is 30.3 Å². The van der Waals surface area contributed by atoms with Crippen molar-refractivity contribution in [3.63, 3.8) is 0 Å². The summed E-state index contributed by atoms with van der Waals surface area (Å²) in [5.74, 6) is -0.465. The van der Waals surface area contributed by atoms with Crippen LogP contribution in [0.5, 0.6) is 0 Å². The van der Waals surface area contributed by atoms with Crippen molar-refractivity contribution in [2.24, 2.45) is 0 Å². The van der Waals surface area contributed by atoms with Gasteiger partial charge in [-0.25, -0.2) is 0 Å². The molecule has 0 saturated carbocycles. The van der Waals surface area contributed by atoms with Crippen molar-refractivity contribution in [1.29, 1.82) is 0 Å². The molecule has 0 bridgehead atoms. The molecule has 2 atom stereocenters. The first kappa shape index (κ1) is 35.5. The van der Waals surface area contributed by atoms with Gasteiger partial charge in [-0.2, -0.15) is 0 Å².